The zero-order valence-corrected chi connectivity index (χ0v) is 16.0. The molecule has 0 unspecified atom stereocenters. The van der Waals surface area contributed by atoms with E-state index < -0.39 is 10.0 Å². The number of fused-ring (bicyclic) bond motifs is 1. The van der Waals surface area contributed by atoms with Crippen LogP contribution < -0.4 is 0 Å². The maximum atomic E-state index is 12.9. The van der Waals surface area contributed by atoms with Crippen molar-refractivity contribution in [3.8, 4) is 0 Å². The van der Waals surface area contributed by atoms with E-state index in [4.69, 9.17) is 0 Å². The number of rotatable bonds is 5. The Morgan fingerprint density at radius 2 is 1.85 bits per heavy atom. The van der Waals surface area contributed by atoms with Gasteiger partial charge in [0.15, 0.2) is 0 Å². The van der Waals surface area contributed by atoms with E-state index in [0.29, 0.717) is 12.1 Å². The number of hydrogen-bond donors (Lipinski definition) is 1. The van der Waals surface area contributed by atoms with E-state index >= 15 is 0 Å². The molecule has 0 aliphatic rings. The molecule has 6 nitrogen and oxygen atoms in total. The van der Waals surface area contributed by atoms with Gasteiger partial charge in [-0.15, -0.1) is 0 Å². The van der Waals surface area contributed by atoms with Crippen molar-refractivity contribution < 1.29 is 8.42 Å². The van der Waals surface area contributed by atoms with E-state index in [1.54, 1.807) is 6.20 Å². The molecule has 0 saturated carbocycles. The number of pyridine rings is 1. The zero-order chi connectivity index (χ0) is 19.0. The molecule has 0 amide bonds. The number of H-pyrrole nitrogens is 1. The lowest BCUT2D eigenvalue weighted by Crippen LogP contribution is -2.18. The van der Waals surface area contributed by atoms with Crippen LogP contribution in [0, 0.1) is 13.8 Å². The van der Waals surface area contributed by atoms with Crippen LogP contribution in [0.4, 0.5) is 0 Å². The van der Waals surface area contributed by atoms with Gasteiger partial charge in [-0.25, -0.2) is 13.4 Å². The van der Waals surface area contributed by atoms with Crippen molar-refractivity contribution in [1.29, 1.82) is 0 Å². The van der Waals surface area contributed by atoms with Crippen LogP contribution in [-0.4, -0.2) is 27.6 Å². The SMILES string of the molecule is Cc1nn(S(=O)(=O)Cc2ccccc2)c(C)c1Cc1c[nH]c2ncccc12. The summed E-state index contributed by atoms with van der Waals surface area (Å²) in [4.78, 5) is 7.47. The molecule has 0 aliphatic heterocycles. The summed E-state index contributed by atoms with van der Waals surface area (Å²) in [6, 6.07) is 13.1. The fourth-order valence-corrected chi connectivity index (χ4v) is 4.88. The van der Waals surface area contributed by atoms with Gasteiger partial charge >= 0.3 is 0 Å². The molecule has 3 heterocycles. The molecule has 3 aromatic heterocycles. The van der Waals surface area contributed by atoms with Gasteiger partial charge in [0.05, 0.1) is 17.1 Å². The first-order valence-corrected chi connectivity index (χ1v) is 10.3. The third-order valence-electron chi connectivity index (χ3n) is 4.76. The summed E-state index contributed by atoms with van der Waals surface area (Å²) in [7, 11) is -3.58. The molecule has 4 rings (SSSR count). The Labute approximate surface area is 157 Å². The minimum Gasteiger partial charge on any atom is -0.346 e. The summed E-state index contributed by atoms with van der Waals surface area (Å²) in [5, 5.41) is 5.38. The van der Waals surface area contributed by atoms with Crippen LogP contribution >= 0.6 is 0 Å². The van der Waals surface area contributed by atoms with Crippen molar-refractivity contribution in [2.75, 3.05) is 0 Å². The second-order valence-corrected chi connectivity index (χ2v) is 8.42. The second kappa shape index (κ2) is 6.66. The van der Waals surface area contributed by atoms with Crippen LogP contribution in [0.2, 0.25) is 0 Å². The van der Waals surface area contributed by atoms with Crippen LogP contribution in [0.25, 0.3) is 11.0 Å². The molecule has 27 heavy (non-hydrogen) atoms. The molecule has 0 atom stereocenters. The minimum atomic E-state index is -3.58. The highest BCUT2D eigenvalue weighted by molar-refractivity contribution is 7.89. The van der Waals surface area contributed by atoms with Gasteiger partial charge in [-0.1, -0.05) is 30.3 Å². The third-order valence-corrected chi connectivity index (χ3v) is 6.34. The number of nitrogens with zero attached hydrogens (tertiary/aromatic N) is 3. The summed E-state index contributed by atoms with van der Waals surface area (Å²) in [6.07, 6.45) is 4.27. The van der Waals surface area contributed by atoms with Crippen LogP contribution in [0.1, 0.15) is 28.1 Å². The lowest BCUT2D eigenvalue weighted by molar-refractivity contribution is 0.577. The first-order chi connectivity index (χ1) is 13.0. The average molecular weight is 380 g/mol. The Kier molecular flexibility index (Phi) is 4.31. The topological polar surface area (TPSA) is 80.6 Å². The Morgan fingerprint density at radius 3 is 2.63 bits per heavy atom. The molecular weight excluding hydrogens is 360 g/mol. The van der Waals surface area contributed by atoms with Crippen molar-refractivity contribution in [2.45, 2.75) is 26.0 Å². The van der Waals surface area contributed by atoms with E-state index in [1.807, 2.05) is 62.5 Å². The molecule has 7 heteroatoms. The van der Waals surface area contributed by atoms with Gasteiger partial charge in [-0.05, 0) is 37.1 Å². The van der Waals surface area contributed by atoms with E-state index in [2.05, 4.69) is 15.1 Å². The van der Waals surface area contributed by atoms with Crippen molar-refractivity contribution >= 4 is 21.1 Å². The quantitative estimate of drug-likeness (QED) is 0.576. The Balaban J connectivity index is 1.69. The highest BCUT2D eigenvalue weighted by Crippen LogP contribution is 2.24. The Bertz CT molecular complexity index is 1210. The third kappa shape index (κ3) is 3.26. The van der Waals surface area contributed by atoms with E-state index in [1.165, 1.54) is 4.09 Å². The largest absolute Gasteiger partial charge is 0.346 e. The Morgan fingerprint density at radius 1 is 1.07 bits per heavy atom. The maximum Gasteiger partial charge on any atom is 0.258 e. The molecule has 138 valence electrons. The molecule has 4 aromatic rings. The summed E-state index contributed by atoms with van der Waals surface area (Å²) >= 11 is 0. The lowest BCUT2D eigenvalue weighted by Gasteiger charge is -2.07. The average Bonchev–Trinajstić information content (AvgIpc) is 3.19. The normalized spacial score (nSPS) is 11.9. The highest BCUT2D eigenvalue weighted by atomic mass is 32.2. The highest BCUT2D eigenvalue weighted by Gasteiger charge is 2.22. The number of aryl methyl sites for hydroxylation is 1. The molecule has 1 N–H and O–H groups in total. The fourth-order valence-electron chi connectivity index (χ4n) is 3.37. The number of hydrogen-bond acceptors (Lipinski definition) is 4. The molecular formula is C20H20N4O2S. The fraction of sp³-hybridized carbons (Fsp3) is 0.200. The molecule has 0 bridgehead atoms. The molecule has 0 saturated heterocycles. The predicted octanol–water partition coefficient (Wildman–Crippen LogP) is 3.35. The van der Waals surface area contributed by atoms with Crippen LogP contribution in [-0.2, 0) is 22.2 Å². The van der Waals surface area contributed by atoms with Crippen molar-refractivity contribution in [3.05, 3.63) is 82.9 Å². The molecule has 0 spiro atoms. The molecule has 1 aromatic carbocycles. The summed E-state index contributed by atoms with van der Waals surface area (Å²) in [6.45, 7) is 3.66. The molecule has 0 aliphatic carbocycles. The van der Waals surface area contributed by atoms with E-state index in [-0.39, 0.29) is 5.75 Å². The van der Waals surface area contributed by atoms with E-state index in [0.717, 1.165) is 33.4 Å². The first kappa shape index (κ1) is 17.5. The van der Waals surface area contributed by atoms with Gasteiger partial charge < -0.3 is 4.98 Å². The van der Waals surface area contributed by atoms with Crippen molar-refractivity contribution in [2.24, 2.45) is 0 Å². The second-order valence-electron chi connectivity index (χ2n) is 6.62. The first-order valence-electron chi connectivity index (χ1n) is 8.69. The maximum absolute atomic E-state index is 12.9. The lowest BCUT2D eigenvalue weighted by atomic mass is 10.0. The Hall–Kier alpha value is -2.93. The van der Waals surface area contributed by atoms with Gasteiger partial charge in [0.25, 0.3) is 10.0 Å². The van der Waals surface area contributed by atoms with Gasteiger partial charge in [0.1, 0.15) is 5.65 Å². The number of aromatic nitrogens is 4. The van der Waals surface area contributed by atoms with Crippen LogP contribution in [0.5, 0.6) is 0 Å². The summed E-state index contributed by atoms with van der Waals surface area (Å²) in [5.41, 5.74) is 4.95. The summed E-state index contributed by atoms with van der Waals surface area (Å²) in [5.74, 6) is -0.0771. The number of nitrogens with one attached hydrogen (secondary N) is 1. The monoisotopic (exact) mass is 380 g/mol. The predicted molar refractivity (Wildman–Crippen MR) is 105 cm³/mol. The van der Waals surface area contributed by atoms with Crippen LogP contribution in [0.15, 0.2) is 54.9 Å². The van der Waals surface area contributed by atoms with Gasteiger partial charge in [-0.3, -0.25) is 0 Å². The van der Waals surface area contributed by atoms with E-state index in [9.17, 15) is 8.42 Å². The van der Waals surface area contributed by atoms with Gasteiger partial charge in [0, 0.05) is 29.8 Å². The zero-order valence-electron chi connectivity index (χ0n) is 15.2. The van der Waals surface area contributed by atoms with Crippen molar-refractivity contribution in [1.82, 2.24) is 19.2 Å². The standard InChI is InChI=1S/C20H20N4O2S/c1-14-19(11-17-12-22-20-18(17)9-6-10-21-20)15(2)24(23-14)27(25,26)13-16-7-4-3-5-8-16/h3-10,12H,11,13H2,1-2H3,(H,21,22). The van der Waals surface area contributed by atoms with Gasteiger partial charge in [0.2, 0.25) is 0 Å². The minimum absolute atomic E-state index is 0.0771. The summed E-state index contributed by atoms with van der Waals surface area (Å²) < 4.78 is 27.0. The van der Waals surface area contributed by atoms with Crippen LogP contribution in [0.3, 0.4) is 0 Å². The smallest absolute Gasteiger partial charge is 0.258 e. The molecule has 0 radical (unpaired) electrons. The molecule has 0 fully saturated rings. The number of benzene rings is 1. The number of aromatic amines is 1. The van der Waals surface area contributed by atoms with Gasteiger partial charge in [-0.2, -0.15) is 9.19 Å². The van der Waals surface area contributed by atoms with Crippen molar-refractivity contribution in [3.63, 3.8) is 0 Å².